The number of hydrogen-bond donors (Lipinski definition) is 3. The normalized spacial score (nSPS) is 20.6. The lowest BCUT2D eigenvalue weighted by molar-refractivity contribution is -0.144. The highest BCUT2D eigenvalue weighted by molar-refractivity contribution is 5.93. The highest BCUT2D eigenvalue weighted by atomic mass is 16.6. The molecule has 3 atom stereocenters. The molecule has 0 radical (unpaired) electrons. The number of nitrogens with one attached hydrogen (secondary N) is 2. The average Bonchev–Trinajstić information content (AvgIpc) is 3.30. The summed E-state index contributed by atoms with van der Waals surface area (Å²) in [6, 6.07) is 5.46. The number of aliphatic hydroxyl groups excluding tert-OH is 1. The van der Waals surface area contributed by atoms with Crippen LogP contribution in [-0.4, -0.2) is 82.1 Å². The summed E-state index contributed by atoms with van der Waals surface area (Å²) in [7, 11) is 0. The number of aliphatic hydroxyl groups is 1. The largest absolute Gasteiger partial charge is 0.444 e. The highest BCUT2D eigenvalue weighted by Crippen LogP contribution is 2.28. The summed E-state index contributed by atoms with van der Waals surface area (Å²) in [5.74, 6) is 1.14. The minimum atomic E-state index is -0.907. The van der Waals surface area contributed by atoms with Gasteiger partial charge in [0.05, 0.1) is 6.10 Å². The zero-order valence-electron chi connectivity index (χ0n) is 25.0. The molecule has 2 fully saturated rings. The van der Waals surface area contributed by atoms with Crippen molar-refractivity contribution in [3.63, 3.8) is 0 Å². The van der Waals surface area contributed by atoms with E-state index in [1.807, 2.05) is 53.7 Å². The van der Waals surface area contributed by atoms with Crippen molar-refractivity contribution < 1.29 is 29.0 Å². The predicted molar refractivity (Wildman–Crippen MR) is 154 cm³/mol. The Hall–Kier alpha value is -3.58. The third kappa shape index (κ3) is 8.70. The molecule has 0 saturated carbocycles. The van der Waals surface area contributed by atoms with E-state index in [1.54, 1.807) is 17.0 Å². The Morgan fingerprint density at radius 2 is 1.66 bits per heavy atom. The molecule has 0 spiro atoms. The van der Waals surface area contributed by atoms with Gasteiger partial charge in [0, 0.05) is 44.1 Å². The number of ether oxygens (including phenoxy) is 1. The molecule has 0 aromatic heterocycles. The van der Waals surface area contributed by atoms with E-state index in [1.165, 1.54) is 4.90 Å². The number of nitrogens with zero attached hydrogens (tertiary/aromatic N) is 2. The molecule has 41 heavy (non-hydrogen) atoms. The van der Waals surface area contributed by atoms with E-state index < -0.39 is 41.2 Å². The number of terminal acetylenes is 1. The van der Waals surface area contributed by atoms with Crippen molar-refractivity contribution >= 4 is 23.8 Å². The summed E-state index contributed by atoms with van der Waals surface area (Å²) >= 11 is 0. The van der Waals surface area contributed by atoms with Gasteiger partial charge in [-0.1, -0.05) is 38.8 Å². The van der Waals surface area contributed by atoms with Crippen molar-refractivity contribution in [3.05, 3.63) is 35.4 Å². The first-order valence-electron chi connectivity index (χ1n) is 14.2. The number of β-amino-alcohol motifs (C(OH)–C–C–N with tert-alkyl or cyclic N) is 1. The standard InChI is InChI=1S/C31H44N4O6/c1-8-20-9-11-21(12-10-20)18-32-27(38)24-17-23(36)19-35(24)28(39)25(30(2,3)4)33-26(37)22-13-15-34(16-14-22)29(40)41-31(5,6)7/h1,9-12,22-25,36H,13-19H2,2-7H3,(H,32,38)(H,33,37)/t23-,24+,25-/m1/s1. The number of likely N-dealkylation sites (tertiary alicyclic amines) is 2. The molecule has 2 saturated heterocycles. The third-order valence-corrected chi connectivity index (χ3v) is 7.37. The van der Waals surface area contributed by atoms with Crippen LogP contribution in [0.4, 0.5) is 4.79 Å². The number of hydrogen-bond acceptors (Lipinski definition) is 6. The lowest BCUT2D eigenvalue weighted by atomic mass is 9.84. The lowest BCUT2D eigenvalue weighted by Crippen LogP contribution is -2.59. The van der Waals surface area contributed by atoms with Gasteiger partial charge in [-0.15, -0.1) is 6.42 Å². The Kier molecular flexibility index (Phi) is 10.1. The second-order valence-corrected chi connectivity index (χ2v) is 13.0. The molecule has 3 N–H and O–H groups in total. The van der Waals surface area contributed by atoms with Crippen LogP contribution in [-0.2, 0) is 25.7 Å². The van der Waals surface area contributed by atoms with E-state index in [9.17, 15) is 24.3 Å². The van der Waals surface area contributed by atoms with Crippen LogP contribution in [0.25, 0.3) is 0 Å². The van der Waals surface area contributed by atoms with Gasteiger partial charge < -0.3 is 30.3 Å². The van der Waals surface area contributed by atoms with E-state index >= 15 is 0 Å². The third-order valence-electron chi connectivity index (χ3n) is 7.37. The van der Waals surface area contributed by atoms with Gasteiger partial charge in [-0.05, 0) is 56.7 Å². The maximum absolute atomic E-state index is 13.8. The van der Waals surface area contributed by atoms with E-state index in [4.69, 9.17) is 11.2 Å². The molecule has 10 heteroatoms. The van der Waals surface area contributed by atoms with Crippen molar-refractivity contribution in [1.82, 2.24) is 20.4 Å². The Labute approximate surface area is 243 Å². The Balaban J connectivity index is 1.63. The van der Waals surface area contributed by atoms with Gasteiger partial charge >= 0.3 is 6.09 Å². The number of benzene rings is 1. The molecule has 0 bridgehead atoms. The first-order chi connectivity index (χ1) is 19.1. The lowest BCUT2D eigenvalue weighted by Gasteiger charge is -2.37. The highest BCUT2D eigenvalue weighted by Gasteiger charge is 2.45. The second kappa shape index (κ2) is 12.9. The number of carbonyl (C=O) groups excluding carboxylic acids is 4. The summed E-state index contributed by atoms with van der Waals surface area (Å²) in [6.07, 6.45) is 5.16. The minimum absolute atomic E-state index is 0.00448. The molecule has 3 rings (SSSR count). The van der Waals surface area contributed by atoms with Crippen LogP contribution in [0, 0.1) is 23.7 Å². The molecule has 0 unspecified atom stereocenters. The molecule has 10 nitrogen and oxygen atoms in total. The van der Waals surface area contributed by atoms with Gasteiger partial charge in [0.1, 0.15) is 17.7 Å². The van der Waals surface area contributed by atoms with Crippen molar-refractivity contribution in [2.24, 2.45) is 11.3 Å². The average molecular weight is 569 g/mol. The van der Waals surface area contributed by atoms with Crippen molar-refractivity contribution in [3.8, 4) is 12.3 Å². The zero-order chi connectivity index (χ0) is 30.5. The molecule has 2 aliphatic rings. The van der Waals surface area contributed by atoms with Gasteiger partial charge in [-0.3, -0.25) is 14.4 Å². The summed E-state index contributed by atoms with van der Waals surface area (Å²) in [4.78, 5) is 55.6. The molecular formula is C31H44N4O6. The smallest absolute Gasteiger partial charge is 0.410 e. The topological polar surface area (TPSA) is 128 Å². The zero-order valence-corrected chi connectivity index (χ0v) is 25.0. The molecule has 1 aromatic carbocycles. The van der Waals surface area contributed by atoms with Crippen molar-refractivity contribution in [1.29, 1.82) is 0 Å². The SMILES string of the molecule is C#Cc1ccc(CNC(=O)[C@@H]2C[C@@H](O)CN2C(=O)[C@@H](NC(=O)C2CCN(C(=O)OC(C)(C)C)CC2)C(C)(C)C)cc1. The van der Waals surface area contributed by atoms with E-state index in [-0.39, 0.29) is 37.2 Å². The van der Waals surface area contributed by atoms with Gasteiger partial charge in [-0.25, -0.2) is 4.79 Å². The number of piperidine rings is 1. The number of amides is 4. The van der Waals surface area contributed by atoms with Crippen molar-refractivity contribution in [2.75, 3.05) is 19.6 Å². The minimum Gasteiger partial charge on any atom is -0.444 e. The van der Waals surface area contributed by atoms with Crippen LogP contribution in [0.1, 0.15) is 71.9 Å². The van der Waals surface area contributed by atoms with Crippen LogP contribution in [0.3, 0.4) is 0 Å². The van der Waals surface area contributed by atoms with Gasteiger partial charge in [0.15, 0.2) is 0 Å². The summed E-state index contributed by atoms with van der Waals surface area (Å²) in [5.41, 5.74) is 0.333. The molecule has 0 aliphatic carbocycles. The molecule has 2 aliphatic heterocycles. The quantitative estimate of drug-likeness (QED) is 0.453. The van der Waals surface area contributed by atoms with Gasteiger partial charge in [0.25, 0.3) is 0 Å². The van der Waals surface area contributed by atoms with Crippen molar-refractivity contribution in [2.45, 2.75) is 91.1 Å². The van der Waals surface area contributed by atoms with E-state index in [0.717, 1.165) is 11.1 Å². The first kappa shape index (κ1) is 31.9. The maximum Gasteiger partial charge on any atom is 0.410 e. The summed E-state index contributed by atoms with van der Waals surface area (Å²) < 4.78 is 5.44. The Morgan fingerprint density at radius 3 is 2.20 bits per heavy atom. The fraction of sp³-hybridized carbons (Fsp3) is 0.613. The van der Waals surface area contributed by atoms with Crippen LogP contribution in [0.15, 0.2) is 24.3 Å². The molecule has 224 valence electrons. The van der Waals surface area contributed by atoms with Crippen LogP contribution in [0.5, 0.6) is 0 Å². The van der Waals surface area contributed by atoms with Crippen LogP contribution < -0.4 is 10.6 Å². The monoisotopic (exact) mass is 568 g/mol. The van der Waals surface area contributed by atoms with E-state index in [0.29, 0.717) is 25.9 Å². The summed E-state index contributed by atoms with van der Waals surface area (Å²) in [5, 5.41) is 16.2. The van der Waals surface area contributed by atoms with Crippen LogP contribution >= 0.6 is 0 Å². The fourth-order valence-electron chi connectivity index (χ4n) is 5.06. The fourth-order valence-corrected chi connectivity index (χ4v) is 5.06. The molecule has 1 aromatic rings. The van der Waals surface area contributed by atoms with Crippen LogP contribution in [0.2, 0.25) is 0 Å². The summed E-state index contributed by atoms with van der Waals surface area (Å²) in [6.45, 7) is 12.0. The first-order valence-corrected chi connectivity index (χ1v) is 14.2. The predicted octanol–water partition coefficient (Wildman–Crippen LogP) is 2.42. The van der Waals surface area contributed by atoms with Gasteiger partial charge in [-0.2, -0.15) is 0 Å². The van der Waals surface area contributed by atoms with Gasteiger partial charge in [0.2, 0.25) is 17.7 Å². The molecular weight excluding hydrogens is 524 g/mol. The Morgan fingerprint density at radius 1 is 1.05 bits per heavy atom. The maximum atomic E-state index is 13.8. The second-order valence-electron chi connectivity index (χ2n) is 13.0. The number of rotatable bonds is 6. The molecule has 2 heterocycles. The molecule has 4 amide bonds. The number of carbonyl (C=O) groups is 4. The Bertz CT molecular complexity index is 1150. The van der Waals surface area contributed by atoms with E-state index in [2.05, 4.69) is 16.6 Å².